The van der Waals surface area contributed by atoms with Gasteiger partial charge in [0.2, 0.25) is 5.91 Å². The zero-order valence-electron chi connectivity index (χ0n) is 27.6. The highest BCUT2D eigenvalue weighted by Gasteiger charge is 2.34. The number of carbonyl (C=O) groups is 2. The van der Waals surface area contributed by atoms with E-state index < -0.39 is 0 Å². The maximum Gasteiger partial charge on any atom is 0.306 e. The standard InChI is InChI=1S/C36H49N5O4/c1-6-45-35(42)19-26-7-13-29(14-8-26)36(43)40(34-20-30(17-18-37-34)31-21-38-41(23-31)24(2)3)22-27-9-11-28(12-10-27)32-15-16-33(44-5)25(4)39-32/h15-18,20-21,23-24,26-29H,6-14,19,22H2,1-5H3/t26-,27-,28-,29-. The lowest BCUT2D eigenvalue weighted by Gasteiger charge is -2.35. The number of pyridine rings is 2. The molecule has 9 nitrogen and oxygen atoms in total. The van der Waals surface area contributed by atoms with Crippen molar-refractivity contribution in [1.82, 2.24) is 19.7 Å². The lowest BCUT2D eigenvalue weighted by atomic mass is 9.78. The molecule has 0 unspecified atom stereocenters. The Bertz CT molecular complexity index is 1440. The summed E-state index contributed by atoms with van der Waals surface area (Å²) in [5, 5.41) is 4.53. The molecule has 2 fully saturated rings. The van der Waals surface area contributed by atoms with Gasteiger partial charge in [0.25, 0.3) is 0 Å². The number of aromatic nitrogens is 4. The number of anilines is 1. The number of hydrogen-bond acceptors (Lipinski definition) is 7. The minimum Gasteiger partial charge on any atom is -0.495 e. The van der Waals surface area contributed by atoms with Gasteiger partial charge in [-0.15, -0.1) is 0 Å². The molecule has 0 N–H and O–H groups in total. The summed E-state index contributed by atoms with van der Waals surface area (Å²) < 4.78 is 12.5. The van der Waals surface area contributed by atoms with E-state index in [0.29, 0.717) is 37.2 Å². The van der Waals surface area contributed by atoms with Gasteiger partial charge >= 0.3 is 5.97 Å². The molecule has 0 spiro atoms. The molecule has 45 heavy (non-hydrogen) atoms. The number of carbonyl (C=O) groups excluding carboxylic acids is 2. The van der Waals surface area contributed by atoms with E-state index in [2.05, 4.69) is 31.2 Å². The van der Waals surface area contributed by atoms with E-state index in [9.17, 15) is 9.59 Å². The van der Waals surface area contributed by atoms with E-state index in [1.807, 2.05) is 54.0 Å². The highest BCUT2D eigenvalue weighted by Crippen LogP contribution is 2.38. The van der Waals surface area contributed by atoms with Gasteiger partial charge in [-0.3, -0.25) is 24.2 Å². The van der Waals surface area contributed by atoms with Gasteiger partial charge in [-0.2, -0.15) is 5.10 Å². The van der Waals surface area contributed by atoms with Crippen LogP contribution < -0.4 is 9.64 Å². The lowest BCUT2D eigenvalue weighted by molar-refractivity contribution is -0.144. The van der Waals surface area contributed by atoms with Crippen molar-refractivity contribution in [2.75, 3.05) is 25.2 Å². The van der Waals surface area contributed by atoms with Gasteiger partial charge in [-0.1, -0.05) is 0 Å². The van der Waals surface area contributed by atoms with Gasteiger partial charge in [0.1, 0.15) is 11.6 Å². The van der Waals surface area contributed by atoms with E-state index in [4.69, 9.17) is 19.4 Å². The average molecular weight is 616 g/mol. The van der Waals surface area contributed by atoms with Crippen molar-refractivity contribution in [3.8, 4) is 16.9 Å². The fraction of sp³-hybridized carbons (Fsp3) is 0.583. The highest BCUT2D eigenvalue weighted by atomic mass is 16.5. The second-order valence-corrected chi connectivity index (χ2v) is 13.1. The van der Waals surface area contributed by atoms with Crippen LogP contribution in [-0.2, 0) is 14.3 Å². The fourth-order valence-corrected chi connectivity index (χ4v) is 7.01. The molecular weight excluding hydrogens is 566 g/mol. The molecule has 5 rings (SSSR count). The molecule has 3 heterocycles. The highest BCUT2D eigenvalue weighted by molar-refractivity contribution is 5.94. The first-order chi connectivity index (χ1) is 21.7. The summed E-state index contributed by atoms with van der Waals surface area (Å²) >= 11 is 0. The van der Waals surface area contributed by atoms with Crippen molar-refractivity contribution < 1.29 is 19.1 Å². The van der Waals surface area contributed by atoms with Crippen LogP contribution in [0, 0.1) is 24.7 Å². The van der Waals surface area contributed by atoms with Crippen LogP contribution >= 0.6 is 0 Å². The van der Waals surface area contributed by atoms with Gasteiger partial charge in [-0.25, -0.2) is 4.98 Å². The fourth-order valence-electron chi connectivity index (χ4n) is 7.01. The molecule has 3 aromatic heterocycles. The minimum absolute atomic E-state index is 0.0691. The molecule has 3 aromatic rings. The Labute approximate surface area is 267 Å². The number of nitrogens with zero attached hydrogens (tertiary/aromatic N) is 5. The van der Waals surface area contributed by atoms with Crippen LogP contribution in [0.5, 0.6) is 5.75 Å². The maximum absolute atomic E-state index is 14.3. The van der Waals surface area contributed by atoms with Crippen molar-refractivity contribution in [2.24, 2.45) is 17.8 Å². The van der Waals surface area contributed by atoms with Gasteiger partial charge in [0.15, 0.2) is 0 Å². The zero-order chi connectivity index (χ0) is 31.9. The third kappa shape index (κ3) is 8.10. The zero-order valence-corrected chi connectivity index (χ0v) is 27.6. The third-order valence-corrected chi connectivity index (χ3v) is 9.69. The summed E-state index contributed by atoms with van der Waals surface area (Å²) in [7, 11) is 1.68. The molecule has 0 bridgehead atoms. The van der Waals surface area contributed by atoms with Crippen LogP contribution in [0.4, 0.5) is 5.82 Å². The Morgan fingerprint density at radius 3 is 2.38 bits per heavy atom. The maximum atomic E-state index is 14.3. The summed E-state index contributed by atoms with van der Waals surface area (Å²) in [6.07, 6.45) is 13.7. The topological polar surface area (TPSA) is 99.4 Å². The molecule has 9 heteroatoms. The van der Waals surface area contributed by atoms with Crippen LogP contribution in [0.3, 0.4) is 0 Å². The monoisotopic (exact) mass is 615 g/mol. The van der Waals surface area contributed by atoms with Crippen molar-refractivity contribution in [1.29, 1.82) is 0 Å². The molecule has 0 aromatic carbocycles. The average Bonchev–Trinajstić information content (AvgIpc) is 3.55. The van der Waals surface area contributed by atoms with Gasteiger partial charge < -0.3 is 9.47 Å². The number of amides is 1. The van der Waals surface area contributed by atoms with Crippen LogP contribution in [0.1, 0.15) is 102 Å². The number of rotatable bonds is 11. The SMILES string of the molecule is CCOC(=O)C[C@H]1CC[C@H](C(=O)N(C[C@H]2CC[C@H](c3ccc(OC)c(C)n3)CC2)c2cc(-c3cnn(C(C)C)c3)ccn2)CC1. The first-order valence-electron chi connectivity index (χ1n) is 16.7. The summed E-state index contributed by atoms with van der Waals surface area (Å²) in [6.45, 7) is 9.12. The van der Waals surface area contributed by atoms with Crippen molar-refractivity contribution in [3.05, 3.63) is 54.2 Å². The van der Waals surface area contributed by atoms with Gasteiger partial charge in [-0.05, 0) is 121 Å². The van der Waals surface area contributed by atoms with Crippen molar-refractivity contribution in [3.63, 3.8) is 0 Å². The Morgan fingerprint density at radius 2 is 1.73 bits per heavy atom. The normalized spacial score (nSPS) is 21.8. The molecule has 2 saturated carbocycles. The number of aryl methyl sites for hydroxylation is 1. The molecule has 0 saturated heterocycles. The van der Waals surface area contributed by atoms with Crippen molar-refractivity contribution >= 4 is 17.7 Å². The summed E-state index contributed by atoms with van der Waals surface area (Å²) in [4.78, 5) is 37.9. The van der Waals surface area contributed by atoms with E-state index in [1.54, 1.807) is 7.11 Å². The largest absolute Gasteiger partial charge is 0.495 e. The molecule has 0 aliphatic heterocycles. The summed E-state index contributed by atoms with van der Waals surface area (Å²) in [6, 6.07) is 8.42. The lowest BCUT2D eigenvalue weighted by Crippen LogP contribution is -2.42. The quantitative estimate of drug-likeness (QED) is 0.209. The molecule has 2 aliphatic rings. The molecule has 242 valence electrons. The Balaban J connectivity index is 1.31. The number of hydrogen-bond donors (Lipinski definition) is 0. The van der Waals surface area contributed by atoms with E-state index in [0.717, 1.165) is 79.6 Å². The smallest absolute Gasteiger partial charge is 0.306 e. The first kappa shape index (κ1) is 32.6. The number of esters is 1. The van der Waals surface area contributed by atoms with Crippen LogP contribution in [0.2, 0.25) is 0 Å². The predicted octanol–water partition coefficient (Wildman–Crippen LogP) is 7.30. The van der Waals surface area contributed by atoms with Crippen LogP contribution in [0.25, 0.3) is 11.1 Å². The third-order valence-electron chi connectivity index (χ3n) is 9.69. The predicted molar refractivity (Wildman–Crippen MR) is 175 cm³/mol. The minimum atomic E-state index is -0.133. The van der Waals surface area contributed by atoms with Gasteiger partial charge in [0, 0.05) is 54.5 Å². The Hall–Kier alpha value is -3.75. The molecule has 2 aliphatic carbocycles. The second kappa shape index (κ2) is 15.0. The van der Waals surface area contributed by atoms with E-state index in [1.165, 1.54) is 0 Å². The molecule has 0 atom stereocenters. The summed E-state index contributed by atoms with van der Waals surface area (Å²) in [5.74, 6) is 2.57. The van der Waals surface area contributed by atoms with Crippen LogP contribution in [0.15, 0.2) is 42.9 Å². The number of methoxy groups -OCH3 is 1. The Kier molecular flexibility index (Phi) is 10.9. The van der Waals surface area contributed by atoms with Crippen LogP contribution in [-0.4, -0.2) is 51.9 Å². The van der Waals surface area contributed by atoms with Gasteiger partial charge in [0.05, 0.1) is 25.6 Å². The molecule has 0 radical (unpaired) electrons. The Morgan fingerprint density at radius 1 is 1.00 bits per heavy atom. The molecule has 1 amide bonds. The second-order valence-electron chi connectivity index (χ2n) is 13.1. The summed E-state index contributed by atoms with van der Waals surface area (Å²) in [5.41, 5.74) is 4.08. The first-order valence-corrected chi connectivity index (χ1v) is 16.7. The van der Waals surface area contributed by atoms with Crippen molar-refractivity contribution in [2.45, 2.75) is 97.4 Å². The van der Waals surface area contributed by atoms with E-state index in [-0.39, 0.29) is 29.8 Å². The number of ether oxygens (including phenoxy) is 2. The molecular formula is C36H49N5O4. The van der Waals surface area contributed by atoms with E-state index >= 15 is 0 Å².